The van der Waals surface area contributed by atoms with E-state index in [4.69, 9.17) is 43.7 Å². The van der Waals surface area contributed by atoms with Gasteiger partial charge >= 0.3 is 17.9 Å². The predicted octanol–water partition coefficient (Wildman–Crippen LogP) is 8.67. The molecule has 0 radical (unpaired) electrons. The van der Waals surface area contributed by atoms with Crippen LogP contribution in [0.3, 0.4) is 0 Å². The molecule has 0 saturated carbocycles. The molecule has 0 amide bonds. The van der Waals surface area contributed by atoms with Crippen molar-refractivity contribution in [3.05, 3.63) is 108 Å². The van der Waals surface area contributed by atoms with Gasteiger partial charge in [0.2, 0.25) is 0 Å². The van der Waals surface area contributed by atoms with Crippen molar-refractivity contribution in [3.8, 4) is 34.5 Å². The second kappa shape index (κ2) is 22.9. The molecule has 0 spiro atoms. The summed E-state index contributed by atoms with van der Waals surface area (Å²) >= 11 is 0. The van der Waals surface area contributed by atoms with Gasteiger partial charge in [-0.3, -0.25) is 0 Å². The molecule has 0 fully saturated rings. The Labute approximate surface area is 315 Å². The molecule has 0 aliphatic heterocycles. The quantitative estimate of drug-likeness (QED) is 0.0498. The minimum absolute atomic E-state index is 0.222. The van der Waals surface area contributed by atoms with Gasteiger partial charge < -0.3 is 43.7 Å². The summed E-state index contributed by atoms with van der Waals surface area (Å²) in [6.45, 7) is 3.08. The highest BCUT2D eigenvalue weighted by atomic mass is 16.5. The molecule has 0 saturated heterocycles. The van der Waals surface area contributed by atoms with E-state index in [0.717, 1.165) is 57.8 Å². The number of carboxylic acids is 3. The Morgan fingerprint density at radius 1 is 0.315 bits per heavy atom. The van der Waals surface area contributed by atoms with E-state index in [-0.39, 0.29) is 16.7 Å². The van der Waals surface area contributed by atoms with Gasteiger partial charge in [-0.2, -0.15) is 0 Å². The fourth-order valence-corrected chi connectivity index (χ4v) is 5.16. The molecule has 0 bridgehead atoms. The maximum atomic E-state index is 11.0. The van der Waals surface area contributed by atoms with E-state index in [1.807, 2.05) is 18.2 Å². The van der Waals surface area contributed by atoms with E-state index in [0.29, 0.717) is 74.1 Å². The second-order valence-corrected chi connectivity index (χ2v) is 12.4. The van der Waals surface area contributed by atoms with E-state index >= 15 is 0 Å². The first-order chi connectivity index (χ1) is 26.3. The number of aromatic carboxylic acids is 3. The minimum atomic E-state index is -0.969. The van der Waals surface area contributed by atoms with E-state index in [1.54, 1.807) is 36.4 Å². The molecule has 0 aliphatic rings. The molecule has 12 nitrogen and oxygen atoms in total. The van der Waals surface area contributed by atoms with Crippen LogP contribution in [0.1, 0.15) is 88.9 Å². The van der Waals surface area contributed by atoms with Gasteiger partial charge in [0, 0.05) is 18.2 Å². The molecule has 54 heavy (non-hydrogen) atoms. The molecule has 12 heteroatoms. The number of carboxylic acid groups (broad SMARTS) is 3. The molecule has 0 unspecified atom stereocenters. The van der Waals surface area contributed by atoms with Crippen molar-refractivity contribution >= 4 is 17.9 Å². The number of unbranched alkanes of at least 4 members (excludes halogenated alkanes) is 6. The fraction of sp³-hybridized carbons (Fsp3) is 0.357. The lowest BCUT2D eigenvalue weighted by molar-refractivity contribution is 0.0686. The standard InChI is InChI=1S/C42H48O12/c43-40(44)31-10-16-34(17-11-31)49-22-4-1-7-25-52-37-28-38(53-26-8-2-5-23-50-35-18-12-32(13-19-35)41(45)46)30-39(29-37)54-27-9-3-6-24-51-36-20-14-33(15-21-36)42(47)48/h10-21,28-30H,1-9,22-27H2,(H,43,44)(H,45,46)(H,47,48). The Balaban J connectivity index is 1.16. The summed E-state index contributed by atoms with van der Waals surface area (Å²) < 4.78 is 35.4. The molecule has 4 aromatic carbocycles. The number of hydrogen-bond acceptors (Lipinski definition) is 9. The average molecular weight is 745 g/mol. The van der Waals surface area contributed by atoms with Gasteiger partial charge in [0.05, 0.1) is 56.3 Å². The van der Waals surface area contributed by atoms with Crippen molar-refractivity contribution in [2.75, 3.05) is 39.6 Å². The molecule has 0 aliphatic carbocycles. The van der Waals surface area contributed by atoms with Crippen molar-refractivity contribution in [1.82, 2.24) is 0 Å². The van der Waals surface area contributed by atoms with E-state index in [1.165, 1.54) is 36.4 Å². The van der Waals surface area contributed by atoms with Gasteiger partial charge in [-0.25, -0.2) is 14.4 Å². The smallest absolute Gasteiger partial charge is 0.335 e. The molecular formula is C42H48O12. The summed E-state index contributed by atoms with van der Waals surface area (Å²) in [5.74, 6) is 0.964. The van der Waals surface area contributed by atoms with Crippen LogP contribution in [-0.4, -0.2) is 72.9 Å². The number of benzene rings is 4. The van der Waals surface area contributed by atoms with Gasteiger partial charge in [-0.15, -0.1) is 0 Å². The fourth-order valence-electron chi connectivity index (χ4n) is 5.16. The third-order valence-electron chi connectivity index (χ3n) is 8.14. The van der Waals surface area contributed by atoms with Gasteiger partial charge in [0.25, 0.3) is 0 Å². The highest BCUT2D eigenvalue weighted by molar-refractivity contribution is 5.88. The number of carbonyl (C=O) groups is 3. The van der Waals surface area contributed by atoms with Crippen LogP contribution in [0.15, 0.2) is 91.0 Å². The zero-order chi connectivity index (χ0) is 38.4. The molecule has 0 heterocycles. The van der Waals surface area contributed by atoms with Crippen LogP contribution in [-0.2, 0) is 0 Å². The summed E-state index contributed by atoms with van der Waals surface area (Å²) in [5, 5.41) is 27.1. The monoisotopic (exact) mass is 744 g/mol. The SMILES string of the molecule is O=C(O)c1ccc(OCCCCCOc2cc(OCCCCCOc3ccc(C(=O)O)cc3)cc(OCCCCCOc3ccc(C(=O)O)cc3)c2)cc1. The topological polar surface area (TPSA) is 167 Å². The van der Waals surface area contributed by atoms with Gasteiger partial charge in [0.1, 0.15) is 34.5 Å². The number of hydrogen-bond donors (Lipinski definition) is 3. The van der Waals surface area contributed by atoms with Crippen LogP contribution in [0.5, 0.6) is 34.5 Å². The van der Waals surface area contributed by atoms with Crippen molar-refractivity contribution in [2.45, 2.75) is 57.8 Å². The number of rotatable bonds is 27. The lowest BCUT2D eigenvalue weighted by Crippen LogP contribution is -2.04. The summed E-state index contributed by atoms with van der Waals surface area (Å²) in [6, 6.07) is 24.7. The third kappa shape index (κ3) is 15.4. The minimum Gasteiger partial charge on any atom is -0.494 e. The van der Waals surface area contributed by atoms with Crippen molar-refractivity contribution in [1.29, 1.82) is 0 Å². The summed E-state index contributed by atoms with van der Waals surface area (Å²) in [4.78, 5) is 33.0. The largest absolute Gasteiger partial charge is 0.494 e. The van der Waals surface area contributed by atoms with Crippen molar-refractivity contribution in [2.24, 2.45) is 0 Å². The lowest BCUT2D eigenvalue weighted by Gasteiger charge is -2.14. The average Bonchev–Trinajstić information content (AvgIpc) is 3.17. The zero-order valence-electron chi connectivity index (χ0n) is 30.3. The van der Waals surface area contributed by atoms with E-state index in [9.17, 15) is 14.4 Å². The molecule has 0 aromatic heterocycles. The molecular weight excluding hydrogens is 696 g/mol. The van der Waals surface area contributed by atoms with Crippen LogP contribution in [0.2, 0.25) is 0 Å². The van der Waals surface area contributed by atoms with E-state index < -0.39 is 17.9 Å². The Hall–Kier alpha value is -5.91. The summed E-state index contributed by atoms with van der Waals surface area (Å²) in [7, 11) is 0. The molecule has 4 rings (SSSR count). The van der Waals surface area contributed by atoms with Crippen LogP contribution < -0.4 is 28.4 Å². The summed E-state index contributed by atoms with van der Waals surface area (Å²) in [6.07, 6.45) is 7.60. The third-order valence-corrected chi connectivity index (χ3v) is 8.14. The normalized spacial score (nSPS) is 10.7. The predicted molar refractivity (Wildman–Crippen MR) is 201 cm³/mol. The Bertz CT molecular complexity index is 1500. The molecule has 3 N–H and O–H groups in total. The Kier molecular flexibility index (Phi) is 17.3. The molecule has 288 valence electrons. The lowest BCUT2D eigenvalue weighted by atomic mass is 10.2. The Morgan fingerprint density at radius 2 is 0.519 bits per heavy atom. The maximum absolute atomic E-state index is 11.0. The molecule has 0 atom stereocenters. The highest BCUT2D eigenvalue weighted by Gasteiger charge is 2.08. The first kappa shape index (κ1) is 40.9. The Morgan fingerprint density at radius 3 is 0.722 bits per heavy atom. The van der Waals surface area contributed by atoms with Crippen molar-refractivity contribution < 1.29 is 58.1 Å². The number of ether oxygens (including phenoxy) is 6. The van der Waals surface area contributed by atoms with Gasteiger partial charge in [-0.05, 0) is 131 Å². The first-order valence-electron chi connectivity index (χ1n) is 18.2. The first-order valence-corrected chi connectivity index (χ1v) is 18.2. The maximum Gasteiger partial charge on any atom is 0.335 e. The molecule has 4 aromatic rings. The van der Waals surface area contributed by atoms with Crippen molar-refractivity contribution in [3.63, 3.8) is 0 Å². The van der Waals surface area contributed by atoms with Crippen LogP contribution in [0, 0.1) is 0 Å². The van der Waals surface area contributed by atoms with Crippen LogP contribution in [0.4, 0.5) is 0 Å². The zero-order valence-corrected chi connectivity index (χ0v) is 30.3. The van der Waals surface area contributed by atoms with Gasteiger partial charge in [0.15, 0.2) is 0 Å². The van der Waals surface area contributed by atoms with Crippen LogP contribution in [0.25, 0.3) is 0 Å². The highest BCUT2D eigenvalue weighted by Crippen LogP contribution is 2.29. The van der Waals surface area contributed by atoms with Gasteiger partial charge in [-0.1, -0.05) is 0 Å². The van der Waals surface area contributed by atoms with Crippen LogP contribution >= 0.6 is 0 Å². The second-order valence-electron chi connectivity index (χ2n) is 12.4. The van der Waals surface area contributed by atoms with E-state index in [2.05, 4.69) is 0 Å². The summed E-state index contributed by atoms with van der Waals surface area (Å²) in [5.41, 5.74) is 0.665.